The molecule has 1 aliphatic rings. The summed E-state index contributed by atoms with van der Waals surface area (Å²) in [4.78, 5) is 12.5. The molecule has 0 bridgehead atoms. The molecular formula is C16H14BrIN2O. The number of rotatable bonds is 2. The first-order valence-corrected chi connectivity index (χ1v) is 8.56. The minimum absolute atomic E-state index is 0.0321. The number of hydrogen-bond donors (Lipinski definition) is 2. The Morgan fingerprint density at radius 3 is 2.90 bits per heavy atom. The SMILES string of the molecule is Nc1ccc2c(c1)CCC2NC(=O)c1cc(Br)ccc1I. The topological polar surface area (TPSA) is 55.1 Å². The van der Waals surface area contributed by atoms with E-state index in [1.807, 2.05) is 36.4 Å². The fourth-order valence-corrected chi connectivity index (χ4v) is 3.64. The van der Waals surface area contributed by atoms with E-state index >= 15 is 0 Å². The van der Waals surface area contributed by atoms with E-state index in [-0.39, 0.29) is 11.9 Å². The van der Waals surface area contributed by atoms with E-state index in [0.29, 0.717) is 5.56 Å². The number of benzene rings is 2. The first kappa shape index (κ1) is 14.8. The number of halogens is 2. The molecule has 1 unspecified atom stereocenters. The smallest absolute Gasteiger partial charge is 0.252 e. The molecule has 5 heteroatoms. The molecule has 21 heavy (non-hydrogen) atoms. The molecule has 0 aromatic heterocycles. The molecule has 0 fully saturated rings. The number of aryl methyl sites for hydroxylation is 1. The van der Waals surface area contributed by atoms with Crippen molar-refractivity contribution in [2.75, 3.05) is 5.73 Å². The van der Waals surface area contributed by atoms with Crippen molar-refractivity contribution in [2.24, 2.45) is 0 Å². The van der Waals surface area contributed by atoms with Gasteiger partial charge in [-0.25, -0.2) is 0 Å². The van der Waals surface area contributed by atoms with Crippen LogP contribution >= 0.6 is 38.5 Å². The maximum Gasteiger partial charge on any atom is 0.252 e. The van der Waals surface area contributed by atoms with Crippen LogP contribution in [-0.4, -0.2) is 5.91 Å². The van der Waals surface area contributed by atoms with Gasteiger partial charge in [0.1, 0.15) is 0 Å². The van der Waals surface area contributed by atoms with Gasteiger partial charge in [0, 0.05) is 13.7 Å². The lowest BCUT2D eigenvalue weighted by Crippen LogP contribution is -2.27. The molecule has 2 aromatic carbocycles. The Morgan fingerprint density at radius 2 is 2.10 bits per heavy atom. The van der Waals surface area contributed by atoms with E-state index in [2.05, 4.69) is 43.8 Å². The lowest BCUT2D eigenvalue weighted by Gasteiger charge is -2.15. The maximum absolute atomic E-state index is 12.5. The zero-order valence-corrected chi connectivity index (χ0v) is 14.9. The second-order valence-corrected chi connectivity index (χ2v) is 7.23. The van der Waals surface area contributed by atoms with Crippen molar-refractivity contribution in [2.45, 2.75) is 18.9 Å². The highest BCUT2D eigenvalue weighted by Gasteiger charge is 2.25. The highest BCUT2D eigenvalue weighted by molar-refractivity contribution is 14.1. The Bertz CT molecular complexity index is 717. The highest BCUT2D eigenvalue weighted by atomic mass is 127. The van der Waals surface area contributed by atoms with Crippen LogP contribution in [0.5, 0.6) is 0 Å². The van der Waals surface area contributed by atoms with Gasteiger partial charge < -0.3 is 11.1 Å². The van der Waals surface area contributed by atoms with Crippen molar-refractivity contribution in [3.8, 4) is 0 Å². The van der Waals surface area contributed by atoms with Crippen LogP contribution in [0, 0.1) is 3.57 Å². The van der Waals surface area contributed by atoms with Gasteiger partial charge >= 0.3 is 0 Å². The molecule has 0 radical (unpaired) electrons. The highest BCUT2D eigenvalue weighted by Crippen LogP contribution is 2.32. The second kappa shape index (κ2) is 5.96. The molecule has 2 aromatic rings. The summed E-state index contributed by atoms with van der Waals surface area (Å²) < 4.78 is 1.86. The van der Waals surface area contributed by atoms with Gasteiger partial charge in [-0.15, -0.1) is 0 Å². The van der Waals surface area contributed by atoms with Crippen LogP contribution in [0.15, 0.2) is 40.9 Å². The minimum atomic E-state index is -0.0321. The Balaban J connectivity index is 1.82. The van der Waals surface area contributed by atoms with Gasteiger partial charge in [0.15, 0.2) is 0 Å². The van der Waals surface area contributed by atoms with Crippen molar-refractivity contribution in [3.05, 3.63) is 61.1 Å². The summed E-state index contributed by atoms with van der Waals surface area (Å²) in [7, 11) is 0. The summed E-state index contributed by atoms with van der Waals surface area (Å²) >= 11 is 5.60. The minimum Gasteiger partial charge on any atom is -0.399 e. The number of fused-ring (bicyclic) bond motifs is 1. The summed E-state index contributed by atoms with van der Waals surface area (Å²) in [6.45, 7) is 0. The van der Waals surface area contributed by atoms with Crippen molar-refractivity contribution in [1.82, 2.24) is 5.32 Å². The normalized spacial score (nSPS) is 16.6. The first-order valence-electron chi connectivity index (χ1n) is 6.69. The molecule has 0 aliphatic heterocycles. The predicted molar refractivity (Wildman–Crippen MR) is 96.2 cm³/mol. The largest absolute Gasteiger partial charge is 0.399 e. The lowest BCUT2D eigenvalue weighted by molar-refractivity contribution is 0.0936. The molecule has 0 saturated carbocycles. The predicted octanol–water partition coefficient (Wildman–Crippen LogP) is 4.05. The Labute approximate surface area is 145 Å². The van der Waals surface area contributed by atoms with Gasteiger partial charge in [-0.05, 0) is 76.9 Å². The van der Waals surface area contributed by atoms with E-state index in [1.54, 1.807) is 0 Å². The molecule has 0 saturated heterocycles. The number of hydrogen-bond acceptors (Lipinski definition) is 2. The number of amides is 1. The molecule has 1 amide bonds. The van der Waals surface area contributed by atoms with Gasteiger partial charge in [-0.2, -0.15) is 0 Å². The second-order valence-electron chi connectivity index (χ2n) is 5.15. The third kappa shape index (κ3) is 3.08. The summed E-state index contributed by atoms with van der Waals surface area (Å²) in [5, 5.41) is 3.13. The molecule has 3 nitrogen and oxygen atoms in total. The summed E-state index contributed by atoms with van der Waals surface area (Å²) in [6, 6.07) is 11.7. The van der Waals surface area contributed by atoms with Crippen LogP contribution in [0.2, 0.25) is 0 Å². The lowest BCUT2D eigenvalue weighted by atomic mass is 10.1. The van der Waals surface area contributed by atoms with Crippen molar-refractivity contribution in [3.63, 3.8) is 0 Å². The van der Waals surface area contributed by atoms with Crippen LogP contribution in [0.3, 0.4) is 0 Å². The molecule has 3 rings (SSSR count). The van der Waals surface area contributed by atoms with Crippen LogP contribution in [0.25, 0.3) is 0 Å². The average Bonchev–Trinajstić information content (AvgIpc) is 2.83. The summed E-state index contributed by atoms with van der Waals surface area (Å²) in [5.74, 6) is -0.0321. The number of carbonyl (C=O) groups is 1. The molecule has 0 heterocycles. The Morgan fingerprint density at radius 1 is 1.29 bits per heavy atom. The number of carbonyl (C=O) groups excluding carboxylic acids is 1. The van der Waals surface area contributed by atoms with Crippen molar-refractivity contribution >= 4 is 50.1 Å². The zero-order chi connectivity index (χ0) is 15.0. The molecule has 3 N–H and O–H groups in total. The van der Waals surface area contributed by atoms with Gasteiger partial charge in [-0.1, -0.05) is 22.0 Å². The Kier molecular flexibility index (Phi) is 4.21. The summed E-state index contributed by atoms with van der Waals surface area (Å²) in [6.07, 6.45) is 1.88. The third-order valence-electron chi connectivity index (χ3n) is 3.72. The molecule has 1 aliphatic carbocycles. The fraction of sp³-hybridized carbons (Fsp3) is 0.188. The standard InChI is InChI=1S/C16H14BrIN2O/c17-10-2-5-14(18)13(8-10)16(21)20-15-6-1-9-7-11(19)3-4-12(9)15/h2-5,7-8,15H,1,6,19H2,(H,20,21). The van der Waals surface area contributed by atoms with E-state index in [4.69, 9.17) is 5.73 Å². The van der Waals surface area contributed by atoms with E-state index in [0.717, 1.165) is 26.6 Å². The number of nitrogens with one attached hydrogen (secondary N) is 1. The average molecular weight is 457 g/mol. The zero-order valence-electron chi connectivity index (χ0n) is 11.2. The van der Waals surface area contributed by atoms with Gasteiger partial charge in [0.2, 0.25) is 0 Å². The maximum atomic E-state index is 12.5. The van der Waals surface area contributed by atoms with Crippen molar-refractivity contribution in [1.29, 1.82) is 0 Å². The molecule has 1 atom stereocenters. The van der Waals surface area contributed by atoms with Crippen LogP contribution < -0.4 is 11.1 Å². The molecule has 0 spiro atoms. The van der Waals surface area contributed by atoms with E-state index < -0.39 is 0 Å². The monoisotopic (exact) mass is 456 g/mol. The van der Waals surface area contributed by atoms with Crippen molar-refractivity contribution < 1.29 is 4.79 Å². The molecular weight excluding hydrogens is 443 g/mol. The number of nitrogen functional groups attached to an aromatic ring is 1. The first-order chi connectivity index (χ1) is 10.0. The van der Waals surface area contributed by atoms with Crippen LogP contribution in [0.4, 0.5) is 5.69 Å². The molecule has 108 valence electrons. The van der Waals surface area contributed by atoms with Crippen LogP contribution in [0.1, 0.15) is 33.9 Å². The van der Waals surface area contributed by atoms with Gasteiger partial charge in [0.05, 0.1) is 11.6 Å². The van der Waals surface area contributed by atoms with Crippen LogP contribution in [-0.2, 0) is 6.42 Å². The fourth-order valence-electron chi connectivity index (χ4n) is 2.69. The quantitative estimate of drug-likeness (QED) is 0.529. The number of nitrogens with two attached hydrogens (primary N) is 1. The van der Waals surface area contributed by atoms with Gasteiger partial charge in [0.25, 0.3) is 5.91 Å². The summed E-state index contributed by atoms with van der Waals surface area (Å²) in [5.41, 5.74) is 9.72. The van der Waals surface area contributed by atoms with Gasteiger partial charge in [-0.3, -0.25) is 4.79 Å². The third-order valence-corrected chi connectivity index (χ3v) is 5.16. The Hall–Kier alpha value is -1.08. The van der Waals surface area contributed by atoms with E-state index in [1.165, 1.54) is 11.1 Å². The van der Waals surface area contributed by atoms with E-state index in [9.17, 15) is 4.79 Å². The number of anilines is 1.